The highest BCUT2D eigenvalue weighted by Crippen LogP contribution is 2.31. The first-order valence-electron chi connectivity index (χ1n) is 10.0. The summed E-state index contributed by atoms with van der Waals surface area (Å²) in [7, 11) is 0. The number of fused-ring (bicyclic) bond motifs is 1. The molecule has 1 unspecified atom stereocenters. The van der Waals surface area contributed by atoms with Crippen molar-refractivity contribution in [2.24, 2.45) is 0 Å². The average molecular weight is 410 g/mol. The second-order valence-corrected chi connectivity index (χ2v) is 7.34. The minimum absolute atomic E-state index is 0.0828. The fourth-order valence-electron chi connectivity index (χ4n) is 3.61. The van der Waals surface area contributed by atoms with Crippen molar-refractivity contribution < 1.29 is 19.2 Å². The lowest BCUT2D eigenvalue weighted by molar-refractivity contribution is -0.552. The molecule has 4 aromatic rings. The number of carbonyl (C=O) groups excluding carboxylic acids is 1. The Labute approximate surface area is 179 Å². The predicted octanol–water partition coefficient (Wildman–Crippen LogP) is 4.21. The Morgan fingerprint density at radius 2 is 1.61 bits per heavy atom. The van der Waals surface area contributed by atoms with E-state index in [9.17, 15) is 9.90 Å². The van der Waals surface area contributed by atoms with Crippen LogP contribution in [0.25, 0.3) is 11.3 Å². The molecular formula is C25H20N3O3+. The number of hydrogen-bond donors (Lipinski definition) is 2. The average Bonchev–Trinajstić information content (AvgIpc) is 3.12. The molecule has 5 rings (SSSR count). The van der Waals surface area contributed by atoms with Crippen molar-refractivity contribution in [3.05, 3.63) is 96.7 Å². The van der Waals surface area contributed by atoms with Crippen LogP contribution < -0.4 is 14.6 Å². The molecule has 0 amide bonds. The molecule has 31 heavy (non-hydrogen) atoms. The zero-order valence-corrected chi connectivity index (χ0v) is 16.6. The molecule has 1 aliphatic rings. The van der Waals surface area contributed by atoms with Gasteiger partial charge in [-0.05, 0) is 29.8 Å². The molecule has 0 bridgehead atoms. The molecule has 2 heterocycles. The van der Waals surface area contributed by atoms with E-state index in [0.29, 0.717) is 29.6 Å². The van der Waals surface area contributed by atoms with Gasteiger partial charge in [-0.3, -0.25) is 5.32 Å². The number of ether oxygens (including phenoxy) is 1. The first-order valence-corrected chi connectivity index (χ1v) is 10.0. The van der Waals surface area contributed by atoms with Crippen LogP contribution in [0.2, 0.25) is 0 Å². The Kier molecular flexibility index (Phi) is 4.80. The minimum atomic E-state index is -0.463. The van der Waals surface area contributed by atoms with Crippen LogP contribution in [0.1, 0.15) is 10.4 Å². The van der Waals surface area contributed by atoms with E-state index >= 15 is 0 Å². The summed E-state index contributed by atoms with van der Waals surface area (Å²) < 4.78 is 7.65. The van der Waals surface area contributed by atoms with E-state index in [1.807, 2.05) is 72.8 Å². The second-order valence-electron chi connectivity index (χ2n) is 7.34. The summed E-state index contributed by atoms with van der Waals surface area (Å²) in [5.74, 6) is 1.62. The van der Waals surface area contributed by atoms with E-state index in [1.165, 1.54) is 0 Å². The molecule has 0 radical (unpaired) electrons. The monoisotopic (exact) mass is 410 g/mol. The summed E-state index contributed by atoms with van der Waals surface area (Å²) in [6.45, 7) is 0. The number of para-hydroxylation sites is 1. The van der Waals surface area contributed by atoms with Crippen molar-refractivity contribution in [1.82, 2.24) is 4.98 Å². The van der Waals surface area contributed by atoms with Gasteiger partial charge in [0.2, 0.25) is 0 Å². The first kappa shape index (κ1) is 18.8. The van der Waals surface area contributed by atoms with Gasteiger partial charge in [0.25, 0.3) is 0 Å². The fourth-order valence-corrected chi connectivity index (χ4v) is 3.61. The summed E-state index contributed by atoms with van der Waals surface area (Å²) >= 11 is 0. The van der Waals surface area contributed by atoms with E-state index in [1.54, 1.807) is 22.9 Å². The lowest BCUT2D eigenvalue weighted by Gasteiger charge is -2.08. The van der Waals surface area contributed by atoms with Gasteiger partial charge < -0.3 is 9.84 Å². The van der Waals surface area contributed by atoms with Crippen molar-refractivity contribution in [3.8, 4) is 28.6 Å². The maximum Gasteiger partial charge on any atom is 0.359 e. The van der Waals surface area contributed by atoms with Crippen molar-refractivity contribution in [2.45, 2.75) is 12.5 Å². The van der Waals surface area contributed by atoms with Crippen LogP contribution in [-0.2, 0) is 6.42 Å². The summed E-state index contributed by atoms with van der Waals surface area (Å²) in [5.41, 5.74) is 2.49. The number of carbonyl (C=O) groups is 1. The van der Waals surface area contributed by atoms with Gasteiger partial charge in [-0.25, -0.2) is 9.78 Å². The highest BCUT2D eigenvalue weighted by molar-refractivity contribution is 5.83. The number of nitrogens with one attached hydrogen (secondary N) is 1. The van der Waals surface area contributed by atoms with Crippen LogP contribution in [-0.4, -0.2) is 22.0 Å². The van der Waals surface area contributed by atoms with E-state index in [0.717, 1.165) is 11.1 Å². The van der Waals surface area contributed by atoms with Crippen LogP contribution >= 0.6 is 0 Å². The Hall–Kier alpha value is -4.19. The number of anilines is 1. The number of benzene rings is 3. The molecule has 6 heteroatoms. The zero-order valence-electron chi connectivity index (χ0n) is 16.6. The van der Waals surface area contributed by atoms with Crippen molar-refractivity contribution in [2.75, 3.05) is 5.32 Å². The van der Waals surface area contributed by atoms with Crippen LogP contribution in [0.4, 0.5) is 5.82 Å². The lowest BCUT2D eigenvalue weighted by Crippen LogP contribution is -2.43. The highest BCUT2D eigenvalue weighted by atomic mass is 16.5. The third-order valence-corrected chi connectivity index (χ3v) is 5.17. The molecule has 2 N–H and O–H groups in total. The van der Waals surface area contributed by atoms with Gasteiger partial charge in [-0.1, -0.05) is 60.7 Å². The number of aromatic hydroxyl groups is 1. The third kappa shape index (κ3) is 3.83. The number of phenols is 1. The van der Waals surface area contributed by atoms with Gasteiger partial charge >= 0.3 is 17.6 Å². The Bertz CT molecular complexity index is 1230. The molecule has 0 spiro atoms. The molecule has 6 nitrogen and oxygen atoms in total. The number of nitrogens with zero attached hydrogens (tertiary/aromatic N) is 2. The Morgan fingerprint density at radius 3 is 2.32 bits per heavy atom. The van der Waals surface area contributed by atoms with Gasteiger partial charge in [-0.2, -0.15) is 4.57 Å². The normalized spacial score (nSPS) is 14.7. The van der Waals surface area contributed by atoms with Gasteiger partial charge in [0.15, 0.2) is 6.04 Å². The number of hydrogen-bond acceptors (Lipinski definition) is 5. The number of aromatic nitrogens is 2. The smallest absolute Gasteiger partial charge is 0.359 e. The lowest BCUT2D eigenvalue weighted by atomic mass is 10.1. The SMILES string of the molecule is O=C1C(Cc2ccc(O)cc2)Nc2c(Oc3ccccc3)nc(-c3ccccc3)c[n+]21. The molecular weight excluding hydrogens is 390 g/mol. The predicted molar refractivity (Wildman–Crippen MR) is 116 cm³/mol. The van der Waals surface area contributed by atoms with Crippen LogP contribution in [0.15, 0.2) is 91.1 Å². The molecule has 0 aliphatic carbocycles. The number of phenolic OH excluding ortho intramolecular Hbond substituents is 1. The minimum Gasteiger partial charge on any atom is -0.508 e. The standard InChI is InChI=1S/C25H19N3O3/c29-19-13-11-17(12-14-19)15-21-25(30)28-16-22(18-7-3-1-4-8-18)27-24(23(28)26-21)31-20-9-5-2-6-10-20/h1-14,16,21,29H,15H2/p+1. The van der Waals surface area contributed by atoms with E-state index in [-0.39, 0.29) is 11.7 Å². The Balaban J connectivity index is 1.53. The van der Waals surface area contributed by atoms with Crippen molar-refractivity contribution in [3.63, 3.8) is 0 Å². The third-order valence-electron chi connectivity index (χ3n) is 5.17. The topological polar surface area (TPSA) is 75.3 Å². The van der Waals surface area contributed by atoms with Gasteiger partial charge in [0.05, 0.1) is 0 Å². The molecule has 0 saturated carbocycles. The van der Waals surface area contributed by atoms with Crippen LogP contribution in [0.5, 0.6) is 17.4 Å². The maximum atomic E-state index is 13.2. The van der Waals surface area contributed by atoms with Crippen LogP contribution in [0.3, 0.4) is 0 Å². The van der Waals surface area contributed by atoms with E-state index in [4.69, 9.17) is 9.72 Å². The molecule has 152 valence electrons. The summed E-state index contributed by atoms with van der Waals surface area (Å²) in [6.07, 6.45) is 2.22. The van der Waals surface area contributed by atoms with Gasteiger partial charge in [0, 0.05) is 12.0 Å². The van der Waals surface area contributed by atoms with Crippen molar-refractivity contribution >= 4 is 11.7 Å². The quantitative estimate of drug-likeness (QED) is 0.482. The molecule has 0 fully saturated rings. The molecule has 1 atom stereocenters. The van der Waals surface area contributed by atoms with E-state index in [2.05, 4.69) is 5.32 Å². The highest BCUT2D eigenvalue weighted by Gasteiger charge is 2.42. The largest absolute Gasteiger partial charge is 0.508 e. The van der Waals surface area contributed by atoms with Crippen molar-refractivity contribution in [1.29, 1.82) is 0 Å². The van der Waals surface area contributed by atoms with E-state index < -0.39 is 6.04 Å². The zero-order chi connectivity index (χ0) is 21.2. The molecule has 0 saturated heterocycles. The maximum absolute atomic E-state index is 13.2. The van der Waals surface area contributed by atoms with Gasteiger partial charge in [0.1, 0.15) is 23.4 Å². The van der Waals surface area contributed by atoms with Gasteiger partial charge in [-0.15, -0.1) is 0 Å². The number of rotatable bonds is 5. The fraction of sp³-hybridized carbons (Fsp3) is 0.0800. The Morgan fingerprint density at radius 1 is 0.935 bits per heavy atom. The van der Waals surface area contributed by atoms with Crippen LogP contribution in [0, 0.1) is 0 Å². The summed E-state index contributed by atoms with van der Waals surface area (Å²) in [5, 5.41) is 12.8. The molecule has 1 aromatic heterocycles. The molecule has 3 aromatic carbocycles. The second kappa shape index (κ2) is 7.91. The first-order chi connectivity index (χ1) is 15.2. The molecule has 1 aliphatic heterocycles. The summed E-state index contributed by atoms with van der Waals surface area (Å²) in [4.78, 5) is 17.9. The summed E-state index contributed by atoms with van der Waals surface area (Å²) in [6, 6.07) is 25.5.